The van der Waals surface area contributed by atoms with E-state index in [0.717, 1.165) is 35.9 Å². The number of nitrogens with zero attached hydrogens (tertiary/aromatic N) is 2. The summed E-state index contributed by atoms with van der Waals surface area (Å²) >= 11 is 5.27. The van der Waals surface area contributed by atoms with Crippen LogP contribution < -0.4 is 5.43 Å². The highest BCUT2D eigenvalue weighted by atomic mass is 32.1. The smallest absolute Gasteiger partial charge is 0.189 e. The van der Waals surface area contributed by atoms with Crippen molar-refractivity contribution >= 4 is 34.4 Å². The van der Waals surface area contributed by atoms with E-state index in [0.29, 0.717) is 5.11 Å². The van der Waals surface area contributed by atoms with Crippen molar-refractivity contribution in [2.45, 2.75) is 19.8 Å². The molecule has 2 aromatic rings. The van der Waals surface area contributed by atoms with Crippen molar-refractivity contribution in [1.82, 2.24) is 15.3 Å². The first-order valence-electron chi connectivity index (χ1n) is 6.82. The molecule has 2 rings (SSSR count). The average molecular weight is 288 g/mol. The first-order valence-corrected chi connectivity index (χ1v) is 7.23. The van der Waals surface area contributed by atoms with Crippen molar-refractivity contribution in [3.8, 4) is 0 Å². The molecule has 0 saturated carbocycles. The van der Waals surface area contributed by atoms with E-state index in [1.807, 2.05) is 36.3 Å². The minimum atomic E-state index is 0.648. The topological polar surface area (TPSA) is 43.4 Å². The van der Waals surface area contributed by atoms with Crippen LogP contribution in [0.25, 0.3) is 10.9 Å². The largest absolute Gasteiger partial charge is 0.361 e. The second kappa shape index (κ2) is 7.05. The molecule has 0 aliphatic carbocycles. The number of aromatic nitrogens is 1. The number of hydrogen-bond donors (Lipinski definition) is 2. The van der Waals surface area contributed by atoms with E-state index in [2.05, 4.69) is 28.5 Å². The SMILES string of the molecule is CCCCN(C)C(=S)N/N=C\c1c[nH]c2ccccc12. The number of H-pyrrole nitrogens is 1. The molecular weight excluding hydrogens is 268 g/mol. The van der Waals surface area contributed by atoms with Gasteiger partial charge < -0.3 is 9.88 Å². The summed E-state index contributed by atoms with van der Waals surface area (Å²) in [6, 6.07) is 8.14. The van der Waals surface area contributed by atoms with E-state index < -0.39 is 0 Å². The quantitative estimate of drug-likeness (QED) is 0.505. The summed E-state index contributed by atoms with van der Waals surface area (Å²) in [4.78, 5) is 5.22. The lowest BCUT2D eigenvalue weighted by Crippen LogP contribution is -2.34. The molecule has 1 aromatic heterocycles. The maximum atomic E-state index is 5.27. The molecule has 1 aromatic carbocycles. The Bertz CT molecular complexity index is 603. The van der Waals surface area contributed by atoms with Gasteiger partial charge in [-0.2, -0.15) is 5.10 Å². The molecule has 0 saturated heterocycles. The van der Waals surface area contributed by atoms with Crippen molar-refractivity contribution in [1.29, 1.82) is 0 Å². The zero-order valence-electron chi connectivity index (χ0n) is 11.9. The Morgan fingerprint density at radius 2 is 2.25 bits per heavy atom. The first kappa shape index (κ1) is 14.5. The molecule has 0 aliphatic heterocycles. The second-order valence-corrected chi connectivity index (χ2v) is 5.13. The number of nitrogens with one attached hydrogen (secondary N) is 2. The van der Waals surface area contributed by atoms with Crippen LogP contribution in [-0.4, -0.2) is 34.8 Å². The van der Waals surface area contributed by atoms with Crippen LogP contribution in [0.1, 0.15) is 25.3 Å². The van der Waals surface area contributed by atoms with Crippen LogP contribution in [0.2, 0.25) is 0 Å². The molecule has 0 unspecified atom stereocenters. The van der Waals surface area contributed by atoms with Crippen LogP contribution in [0.5, 0.6) is 0 Å². The molecule has 5 heteroatoms. The summed E-state index contributed by atoms with van der Waals surface area (Å²) in [6.07, 6.45) is 6.02. The molecule has 0 fully saturated rings. The van der Waals surface area contributed by atoms with Gasteiger partial charge in [0.1, 0.15) is 0 Å². The Kier molecular flexibility index (Phi) is 5.12. The average Bonchev–Trinajstić information content (AvgIpc) is 2.88. The number of hydrazone groups is 1. The number of hydrogen-bond acceptors (Lipinski definition) is 2. The monoisotopic (exact) mass is 288 g/mol. The summed E-state index contributed by atoms with van der Waals surface area (Å²) in [5.41, 5.74) is 5.06. The molecule has 0 amide bonds. The van der Waals surface area contributed by atoms with Crippen molar-refractivity contribution in [3.63, 3.8) is 0 Å². The molecular formula is C15H20N4S. The van der Waals surface area contributed by atoms with Crippen LogP contribution in [-0.2, 0) is 0 Å². The van der Waals surface area contributed by atoms with Crippen molar-refractivity contribution in [2.75, 3.05) is 13.6 Å². The second-order valence-electron chi connectivity index (χ2n) is 4.74. The number of aromatic amines is 1. The molecule has 1 heterocycles. The van der Waals surface area contributed by atoms with Gasteiger partial charge in [0, 0.05) is 36.3 Å². The van der Waals surface area contributed by atoms with Gasteiger partial charge >= 0.3 is 0 Å². The number of unbranched alkanes of at least 4 members (excludes halogenated alkanes) is 1. The molecule has 0 spiro atoms. The summed E-state index contributed by atoms with van der Waals surface area (Å²) < 4.78 is 0. The van der Waals surface area contributed by atoms with Gasteiger partial charge in [0.2, 0.25) is 0 Å². The Labute approximate surface area is 124 Å². The third-order valence-corrected chi connectivity index (χ3v) is 3.58. The van der Waals surface area contributed by atoms with E-state index in [4.69, 9.17) is 12.2 Å². The lowest BCUT2D eigenvalue weighted by molar-refractivity contribution is 0.477. The predicted molar refractivity (Wildman–Crippen MR) is 89.2 cm³/mol. The maximum Gasteiger partial charge on any atom is 0.189 e. The zero-order valence-corrected chi connectivity index (χ0v) is 12.7. The van der Waals surface area contributed by atoms with Gasteiger partial charge in [0.15, 0.2) is 5.11 Å². The molecule has 0 atom stereocenters. The van der Waals surface area contributed by atoms with Crippen molar-refractivity contribution in [3.05, 3.63) is 36.0 Å². The van der Waals surface area contributed by atoms with Crippen LogP contribution in [0.4, 0.5) is 0 Å². The fraction of sp³-hybridized carbons (Fsp3) is 0.333. The lowest BCUT2D eigenvalue weighted by Gasteiger charge is -2.18. The highest BCUT2D eigenvalue weighted by Gasteiger charge is 2.02. The number of rotatable bonds is 5. The van der Waals surface area contributed by atoms with Gasteiger partial charge in [-0.25, -0.2) is 0 Å². The van der Waals surface area contributed by atoms with Crippen LogP contribution >= 0.6 is 12.2 Å². The van der Waals surface area contributed by atoms with Gasteiger partial charge in [-0.05, 0) is 24.7 Å². The molecule has 0 aliphatic rings. The normalized spacial score (nSPS) is 11.1. The van der Waals surface area contributed by atoms with Gasteiger partial charge in [0.05, 0.1) is 6.21 Å². The Balaban J connectivity index is 1.95. The van der Waals surface area contributed by atoms with Crippen molar-refractivity contribution < 1.29 is 0 Å². The zero-order chi connectivity index (χ0) is 14.4. The Morgan fingerprint density at radius 3 is 3.05 bits per heavy atom. The summed E-state index contributed by atoms with van der Waals surface area (Å²) in [5, 5.41) is 6.02. The number of para-hydroxylation sites is 1. The van der Waals surface area contributed by atoms with Gasteiger partial charge in [-0.3, -0.25) is 5.43 Å². The highest BCUT2D eigenvalue weighted by Crippen LogP contribution is 2.15. The fourth-order valence-electron chi connectivity index (χ4n) is 1.94. The van der Waals surface area contributed by atoms with E-state index in [1.165, 1.54) is 0 Å². The standard InChI is InChI=1S/C15H20N4S/c1-3-4-9-19(2)15(20)18-17-11-12-10-16-14-8-6-5-7-13(12)14/h5-8,10-11,16H,3-4,9H2,1-2H3,(H,18,20)/b17-11-. The molecule has 0 bridgehead atoms. The predicted octanol–water partition coefficient (Wildman–Crippen LogP) is 3.11. The van der Waals surface area contributed by atoms with Gasteiger partial charge in [0.25, 0.3) is 0 Å². The summed E-state index contributed by atoms with van der Waals surface area (Å²) in [5.74, 6) is 0. The first-order chi connectivity index (χ1) is 9.72. The molecule has 4 nitrogen and oxygen atoms in total. The summed E-state index contributed by atoms with van der Waals surface area (Å²) in [6.45, 7) is 3.12. The maximum absolute atomic E-state index is 5.27. The molecule has 20 heavy (non-hydrogen) atoms. The number of fused-ring (bicyclic) bond motifs is 1. The third-order valence-electron chi connectivity index (χ3n) is 3.18. The van der Waals surface area contributed by atoms with Gasteiger partial charge in [-0.1, -0.05) is 31.5 Å². The molecule has 106 valence electrons. The third kappa shape index (κ3) is 3.57. The van der Waals surface area contributed by atoms with Gasteiger partial charge in [-0.15, -0.1) is 0 Å². The van der Waals surface area contributed by atoms with Crippen LogP contribution in [0, 0.1) is 0 Å². The van der Waals surface area contributed by atoms with E-state index in [9.17, 15) is 0 Å². The Morgan fingerprint density at radius 1 is 1.45 bits per heavy atom. The number of benzene rings is 1. The molecule has 2 N–H and O–H groups in total. The van der Waals surface area contributed by atoms with Crippen LogP contribution in [0.3, 0.4) is 0 Å². The fourth-order valence-corrected chi connectivity index (χ4v) is 2.08. The Hall–Kier alpha value is -1.88. The van der Waals surface area contributed by atoms with E-state index in [1.54, 1.807) is 6.21 Å². The van der Waals surface area contributed by atoms with Crippen molar-refractivity contribution in [2.24, 2.45) is 5.10 Å². The number of thiocarbonyl (C=S) groups is 1. The highest BCUT2D eigenvalue weighted by molar-refractivity contribution is 7.80. The minimum Gasteiger partial charge on any atom is -0.361 e. The van der Waals surface area contributed by atoms with Crippen LogP contribution in [0.15, 0.2) is 35.6 Å². The lowest BCUT2D eigenvalue weighted by atomic mass is 10.2. The van der Waals surface area contributed by atoms with E-state index in [-0.39, 0.29) is 0 Å². The van der Waals surface area contributed by atoms with E-state index >= 15 is 0 Å². The molecule has 0 radical (unpaired) electrons. The minimum absolute atomic E-state index is 0.648. The summed E-state index contributed by atoms with van der Waals surface area (Å²) in [7, 11) is 1.98.